The Kier molecular flexibility index (Phi) is 6.91. The van der Waals surface area contributed by atoms with E-state index in [9.17, 15) is 14.0 Å². The average molecular weight is 498 g/mol. The summed E-state index contributed by atoms with van der Waals surface area (Å²) in [4.78, 5) is 27.1. The van der Waals surface area contributed by atoms with Crippen molar-refractivity contribution in [3.8, 4) is 5.75 Å². The molecule has 3 aromatic rings. The average Bonchev–Trinajstić information content (AvgIpc) is 2.91. The largest absolute Gasteiger partial charge is 0.497 e. The maximum atomic E-state index is 14.3. The summed E-state index contributed by atoms with van der Waals surface area (Å²) in [5, 5.41) is 3.33. The monoisotopic (exact) mass is 497 g/mol. The van der Waals surface area contributed by atoms with Gasteiger partial charge in [-0.15, -0.1) is 0 Å². The smallest absolute Gasteiger partial charge is 0.337 e. The third kappa shape index (κ3) is 5.05. The number of carbonyl (C=O) groups is 2. The molecule has 188 valence electrons. The fourth-order valence-electron chi connectivity index (χ4n) is 5.24. The van der Waals surface area contributed by atoms with E-state index in [1.165, 1.54) is 12.1 Å². The number of ketones is 1. The van der Waals surface area contributed by atoms with Gasteiger partial charge in [0.25, 0.3) is 0 Å². The summed E-state index contributed by atoms with van der Waals surface area (Å²) in [5.74, 6) is -0.987. The Hall–Kier alpha value is -4.19. The third-order valence-electron chi connectivity index (χ3n) is 7.03. The molecule has 5 rings (SSSR count). The molecule has 0 spiro atoms. The maximum absolute atomic E-state index is 14.3. The highest BCUT2D eigenvalue weighted by atomic mass is 19.1. The molecular weight excluding hydrogens is 469 g/mol. The Labute approximate surface area is 215 Å². The SMILES string of the molecule is COc1ccc([C@@H]2CC(=O)C3=C(C2)NC(C)=C(C(=O)OCc2ccccc2)[C@H]3c2cccc(F)c2)cc1. The van der Waals surface area contributed by atoms with Crippen LogP contribution < -0.4 is 10.1 Å². The number of Topliss-reactive ketones (excluding diaryl/α,β-unsaturated/α-hetero) is 1. The molecule has 37 heavy (non-hydrogen) atoms. The number of dihydropyridines is 1. The van der Waals surface area contributed by atoms with Crippen LogP contribution in [0.25, 0.3) is 0 Å². The van der Waals surface area contributed by atoms with Crippen LogP contribution >= 0.6 is 0 Å². The minimum absolute atomic E-state index is 0.0165. The van der Waals surface area contributed by atoms with E-state index in [0.29, 0.717) is 35.2 Å². The molecule has 0 unspecified atom stereocenters. The number of hydrogen-bond acceptors (Lipinski definition) is 5. The first-order chi connectivity index (χ1) is 17.9. The number of benzene rings is 3. The van der Waals surface area contributed by atoms with Crippen molar-refractivity contribution in [3.63, 3.8) is 0 Å². The van der Waals surface area contributed by atoms with Crippen LogP contribution in [0.1, 0.15) is 48.3 Å². The second-order valence-electron chi connectivity index (χ2n) is 9.41. The highest BCUT2D eigenvalue weighted by Crippen LogP contribution is 2.46. The predicted octanol–water partition coefficient (Wildman–Crippen LogP) is 5.94. The topological polar surface area (TPSA) is 64.6 Å². The molecule has 6 heteroatoms. The van der Waals surface area contributed by atoms with Crippen LogP contribution in [0.3, 0.4) is 0 Å². The van der Waals surface area contributed by atoms with Crippen LogP contribution in [0.15, 0.2) is 101 Å². The first kappa shape index (κ1) is 24.5. The van der Waals surface area contributed by atoms with Crippen molar-refractivity contribution in [1.29, 1.82) is 0 Å². The number of halogens is 1. The van der Waals surface area contributed by atoms with Crippen LogP contribution in [0.2, 0.25) is 0 Å². The summed E-state index contributed by atoms with van der Waals surface area (Å²) in [5.41, 5.74) is 4.66. The van der Waals surface area contributed by atoms with Gasteiger partial charge in [-0.1, -0.05) is 54.6 Å². The van der Waals surface area contributed by atoms with Gasteiger partial charge < -0.3 is 14.8 Å². The fraction of sp³-hybridized carbons (Fsp3) is 0.226. The number of hydrogen-bond donors (Lipinski definition) is 1. The molecule has 1 aliphatic carbocycles. The van der Waals surface area contributed by atoms with E-state index in [2.05, 4.69) is 5.32 Å². The number of carbonyl (C=O) groups excluding carboxylic acids is 2. The van der Waals surface area contributed by atoms with Gasteiger partial charge in [0.1, 0.15) is 18.2 Å². The summed E-state index contributed by atoms with van der Waals surface area (Å²) in [6.45, 7) is 1.91. The second kappa shape index (κ2) is 10.4. The number of allylic oxidation sites excluding steroid dienone is 3. The van der Waals surface area contributed by atoms with Crippen molar-refractivity contribution in [2.24, 2.45) is 0 Å². The number of nitrogens with one attached hydrogen (secondary N) is 1. The molecule has 2 aliphatic rings. The zero-order valence-corrected chi connectivity index (χ0v) is 20.8. The molecule has 5 nitrogen and oxygen atoms in total. The molecule has 0 saturated carbocycles. The first-order valence-electron chi connectivity index (χ1n) is 12.3. The van der Waals surface area contributed by atoms with E-state index in [0.717, 1.165) is 22.6 Å². The Morgan fingerprint density at radius 3 is 2.43 bits per heavy atom. The van der Waals surface area contributed by atoms with E-state index in [1.807, 2.05) is 54.6 Å². The standard InChI is InChI=1S/C31H28FNO4/c1-19-28(31(35)37-18-20-7-4-3-5-8-20)29(22-9-6-10-24(32)15-22)30-26(33-19)16-23(17-27(30)34)21-11-13-25(36-2)14-12-21/h3-15,23,29,33H,16-18H2,1-2H3/t23-,29+/m0/s1. The van der Waals surface area contributed by atoms with Crippen molar-refractivity contribution in [2.45, 2.75) is 38.2 Å². The van der Waals surface area contributed by atoms with Gasteiger partial charge in [-0.25, -0.2) is 9.18 Å². The third-order valence-corrected chi connectivity index (χ3v) is 7.03. The van der Waals surface area contributed by atoms with Gasteiger partial charge >= 0.3 is 5.97 Å². The van der Waals surface area contributed by atoms with Crippen LogP contribution in [0.4, 0.5) is 4.39 Å². The number of esters is 1. The zero-order chi connectivity index (χ0) is 25.9. The van der Waals surface area contributed by atoms with Crippen molar-refractivity contribution in [2.75, 3.05) is 7.11 Å². The maximum Gasteiger partial charge on any atom is 0.337 e. The molecular formula is C31H28FNO4. The van der Waals surface area contributed by atoms with Gasteiger partial charge in [0.2, 0.25) is 0 Å². The minimum atomic E-state index is -0.709. The minimum Gasteiger partial charge on any atom is -0.497 e. The van der Waals surface area contributed by atoms with Crippen LogP contribution in [0, 0.1) is 5.82 Å². The molecule has 0 aromatic heterocycles. The highest BCUT2D eigenvalue weighted by molar-refractivity contribution is 6.04. The molecule has 0 radical (unpaired) electrons. The highest BCUT2D eigenvalue weighted by Gasteiger charge is 2.41. The Morgan fingerprint density at radius 2 is 1.73 bits per heavy atom. The molecule has 1 heterocycles. The molecule has 1 aliphatic heterocycles. The van der Waals surface area contributed by atoms with E-state index in [-0.39, 0.29) is 18.3 Å². The van der Waals surface area contributed by atoms with Gasteiger partial charge in [0.15, 0.2) is 5.78 Å². The Bertz CT molecular complexity index is 1390. The molecule has 1 N–H and O–H groups in total. The van der Waals surface area contributed by atoms with Gasteiger partial charge in [0.05, 0.1) is 12.7 Å². The number of ether oxygens (including phenoxy) is 2. The Morgan fingerprint density at radius 1 is 0.973 bits per heavy atom. The molecule has 0 fully saturated rings. The summed E-state index contributed by atoms with van der Waals surface area (Å²) in [6, 6.07) is 23.2. The summed E-state index contributed by atoms with van der Waals surface area (Å²) < 4.78 is 25.3. The summed E-state index contributed by atoms with van der Waals surface area (Å²) >= 11 is 0. The van der Waals surface area contributed by atoms with Crippen molar-refractivity contribution < 1.29 is 23.5 Å². The van der Waals surface area contributed by atoms with Crippen LogP contribution in [-0.4, -0.2) is 18.9 Å². The number of methoxy groups -OCH3 is 1. The first-order valence-corrected chi connectivity index (χ1v) is 12.3. The lowest BCUT2D eigenvalue weighted by atomic mass is 9.71. The van der Waals surface area contributed by atoms with Gasteiger partial charge in [0, 0.05) is 29.3 Å². The van der Waals surface area contributed by atoms with Crippen molar-refractivity contribution in [1.82, 2.24) is 5.32 Å². The quantitative estimate of drug-likeness (QED) is 0.427. The summed E-state index contributed by atoms with van der Waals surface area (Å²) in [7, 11) is 1.62. The molecule has 0 saturated heterocycles. The van der Waals surface area contributed by atoms with Crippen molar-refractivity contribution >= 4 is 11.8 Å². The van der Waals surface area contributed by atoms with E-state index in [4.69, 9.17) is 9.47 Å². The van der Waals surface area contributed by atoms with Gasteiger partial charge in [-0.3, -0.25) is 4.79 Å². The molecule has 2 atom stereocenters. The normalized spacial score (nSPS) is 19.3. The molecule has 3 aromatic carbocycles. The van der Waals surface area contributed by atoms with Crippen LogP contribution in [-0.2, 0) is 20.9 Å². The number of rotatable bonds is 6. The summed E-state index contributed by atoms with van der Waals surface area (Å²) in [6.07, 6.45) is 0.896. The fourth-order valence-corrected chi connectivity index (χ4v) is 5.24. The molecule has 0 amide bonds. The van der Waals surface area contributed by atoms with E-state index < -0.39 is 17.7 Å². The van der Waals surface area contributed by atoms with Crippen LogP contribution in [0.5, 0.6) is 5.75 Å². The lowest BCUT2D eigenvalue weighted by Gasteiger charge is -2.36. The zero-order valence-electron chi connectivity index (χ0n) is 20.8. The molecule has 0 bridgehead atoms. The van der Waals surface area contributed by atoms with E-state index in [1.54, 1.807) is 26.2 Å². The van der Waals surface area contributed by atoms with Crippen molar-refractivity contribution in [3.05, 3.63) is 124 Å². The second-order valence-corrected chi connectivity index (χ2v) is 9.41. The lowest BCUT2D eigenvalue weighted by molar-refractivity contribution is -0.140. The Balaban J connectivity index is 1.50. The lowest BCUT2D eigenvalue weighted by Crippen LogP contribution is -2.36. The van der Waals surface area contributed by atoms with Gasteiger partial charge in [-0.05, 0) is 60.2 Å². The predicted molar refractivity (Wildman–Crippen MR) is 138 cm³/mol. The van der Waals surface area contributed by atoms with Gasteiger partial charge in [-0.2, -0.15) is 0 Å². The van der Waals surface area contributed by atoms with E-state index >= 15 is 0 Å².